The Morgan fingerprint density at radius 2 is 1.62 bits per heavy atom. The molecule has 0 N–H and O–H groups in total. The van der Waals surface area contributed by atoms with E-state index in [0.717, 1.165) is 31.2 Å². The number of sulfonamides is 1. The molecule has 1 aromatic rings. The Kier molecular flexibility index (Phi) is 5.56. The molecule has 5 nitrogen and oxygen atoms in total. The third kappa shape index (κ3) is 4.16. The minimum Gasteiger partial charge on any atom is -0.340 e. The average molecular weight is 350 g/mol. The van der Waals surface area contributed by atoms with Gasteiger partial charge in [0.2, 0.25) is 15.9 Å². The third-order valence-corrected chi connectivity index (χ3v) is 7.01. The van der Waals surface area contributed by atoms with Crippen molar-refractivity contribution in [1.82, 2.24) is 9.21 Å². The molecule has 0 aromatic heterocycles. The highest BCUT2D eigenvalue weighted by atomic mass is 32.2. The predicted molar refractivity (Wildman–Crippen MR) is 94.0 cm³/mol. The Labute approximate surface area is 144 Å². The standard InChI is InChI=1S/C18H26N2O3S/c21-18(17-8-4-5-9-17)19-11-13-20(14-12-19)24(22,23)15-10-16-6-2-1-3-7-16/h1-3,6-7,17H,4-5,8-15H2. The van der Waals surface area contributed by atoms with E-state index in [-0.39, 0.29) is 17.6 Å². The molecule has 2 fully saturated rings. The predicted octanol–water partition coefficient (Wildman–Crippen LogP) is 1.89. The summed E-state index contributed by atoms with van der Waals surface area (Å²) in [6.45, 7) is 1.91. The van der Waals surface area contributed by atoms with Crippen molar-refractivity contribution < 1.29 is 13.2 Å². The van der Waals surface area contributed by atoms with Crippen LogP contribution in [0.3, 0.4) is 0 Å². The molecule has 1 aromatic carbocycles. The van der Waals surface area contributed by atoms with Gasteiger partial charge in [-0.15, -0.1) is 0 Å². The second-order valence-corrected chi connectivity index (χ2v) is 8.85. The van der Waals surface area contributed by atoms with Crippen molar-refractivity contribution in [3.05, 3.63) is 35.9 Å². The minimum atomic E-state index is -3.25. The van der Waals surface area contributed by atoms with Crippen molar-refractivity contribution in [3.63, 3.8) is 0 Å². The number of hydrogen-bond donors (Lipinski definition) is 0. The molecular formula is C18H26N2O3S. The van der Waals surface area contributed by atoms with E-state index in [9.17, 15) is 13.2 Å². The zero-order chi connectivity index (χ0) is 17.0. The normalized spacial score (nSPS) is 20.4. The lowest BCUT2D eigenvalue weighted by molar-refractivity contribution is -0.136. The topological polar surface area (TPSA) is 57.7 Å². The van der Waals surface area contributed by atoms with Gasteiger partial charge in [0.15, 0.2) is 0 Å². The van der Waals surface area contributed by atoms with E-state index in [1.54, 1.807) is 4.31 Å². The zero-order valence-electron chi connectivity index (χ0n) is 14.1. The van der Waals surface area contributed by atoms with Gasteiger partial charge in [-0.1, -0.05) is 43.2 Å². The average Bonchev–Trinajstić information content (AvgIpc) is 3.15. The first-order valence-corrected chi connectivity index (χ1v) is 10.5. The number of carbonyl (C=O) groups excluding carboxylic acids is 1. The number of hydrogen-bond acceptors (Lipinski definition) is 3. The fourth-order valence-corrected chi connectivity index (χ4v) is 5.11. The van der Waals surface area contributed by atoms with Crippen LogP contribution in [0.5, 0.6) is 0 Å². The number of carbonyl (C=O) groups is 1. The van der Waals surface area contributed by atoms with Crippen LogP contribution in [-0.4, -0.2) is 55.5 Å². The second kappa shape index (κ2) is 7.66. The van der Waals surface area contributed by atoms with Crippen LogP contribution in [0.4, 0.5) is 0 Å². The van der Waals surface area contributed by atoms with Gasteiger partial charge in [-0.3, -0.25) is 4.79 Å². The largest absolute Gasteiger partial charge is 0.340 e. The van der Waals surface area contributed by atoms with E-state index in [1.165, 1.54) is 0 Å². The maximum atomic E-state index is 12.5. The molecule has 0 atom stereocenters. The number of aryl methyl sites for hydroxylation is 1. The molecule has 0 radical (unpaired) electrons. The van der Waals surface area contributed by atoms with E-state index < -0.39 is 10.0 Å². The lowest BCUT2D eigenvalue weighted by Crippen LogP contribution is -2.52. The Balaban J connectivity index is 1.50. The summed E-state index contributed by atoms with van der Waals surface area (Å²) in [6.07, 6.45) is 4.81. The van der Waals surface area contributed by atoms with Crippen molar-refractivity contribution in [1.29, 1.82) is 0 Å². The van der Waals surface area contributed by atoms with Crippen LogP contribution in [0, 0.1) is 5.92 Å². The van der Waals surface area contributed by atoms with Gasteiger partial charge in [0, 0.05) is 32.1 Å². The first-order valence-electron chi connectivity index (χ1n) is 8.87. The monoisotopic (exact) mass is 350 g/mol. The molecule has 1 saturated carbocycles. The van der Waals surface area contributed by atoms with E-state index in [2.05, 4.69) is 0 Å². The van der Waals surface area contributed by atoms with Crippen molar-refractivity contribution in [2.24, 2.45) is 5.92 Å². The molecule has 0 spiro atoms. The molecular weight excluding hydrogens is 324 g/mol. The van der Waals surface area contributed by atoms with Gasteiger partial charge in [-0.05, 0) is 24.8 Å². The molecule has 1 saturated heterocycles. The third-order valence-electron chi connectivity index (χ3n) is 5.14. The summed E-state index contributed by atoms with van der Waals surface area (Å²) in [4.78, 5) is 14.3. The number of amides is 1. The van der Waals surface area contributed by atoms with Crippen molar-refractivity contribution in [2.45, 2.75) is 32.1 Å². The molecule has 132 valence electrons. The maximum absolute atomic E-state index is 12.5. The summed E-state index contributed by atoms with van der Waals surface area (Å²) in [7, 11) is -3.25. The Bertz CT molecular complexity index is 646. The molecule has 1 amide bonds. The summed E-state index contributed by atoms with van der Waals surface area (Å²) < 4.78 is 26.6. The van der Waals surface area contributed by atoms with Crippen molar-refractivity contribution in [2.75, 3.05) is 31.9 Å². The fourth-order valence-electron chi connectivity index (χ4n) is 3.64. The van der Waals surface area contributed by atoms with Crippen LogP contribution in [0.1, 0.15) is 31.2 Å². The minimum absolute atomic E-state index is 0.133. The van der Waals surface area contributed by atoms with Gasteiger partial charge in [0.25, 0.3) is 0 Å². The van der Waals surface area contributed by atoms with E-state index in [1.807, 2.05) is 35.2 Å². The van der Waals surface area contributed by atoms with E-state index >= 15 is 0 Å². The molecule has 3 rings (SSSR count). The zero-order valence-corrected chi connectivity index (χ0v) is 14.9. The quantitative estimate of drug-likeness (QED) is 0.815. The lowest BCUT2D eigenvalue weighted by atomic mass is 10.1. The van der Waals surface area contributed by atoms with Crippen molar-refractivity contribution >= 4 is 15.9 Å². The van der Waals surface area contributed by atoms with Gasteiger partial charge in [-0.2, -0.15) is 4.31 Å². The van der Waals surface area contributed by atoms with Gasteiger partial charge in [-0.25, -0.2) is 8.42 Å². The molecule has 1 aliphatic heterocycles. The first kappa shape index (κ1) is 17.4. The molecule has 1 aliphatic carbocycles. The molecule has 1 heterocycles. The summed E-state index contributed by atoms with van der Waals surface area (Å²) in [5.74, 6) is 0.535. The smallest absolute Gasteiger partial charge is 0.225 e. The van der Waals surface area contributed by atoms with Crippen LogP contribution in [0.15, 0.2) is 30.3 Å². The Morgan fingerprint density at radius 3 is 2.25 bits per heavy atom. The summed E-state index contributed by atoms with van der Waals surface area (Å²) >= 11 is 0. The number of piperazine rings is 1. The second-order valence-electron chi connectivity index (χ2n) is 6.76. The van der Waals surface area contributed by atoms with Gasteiger partial charge in [0.1, 0.15) is 0 Å². The van der Waals surface area contributed by atoms with Gasteiger partial charge < -0.3 is 4.90 Å². The number of rotatable bonds is 5. The van der Waals surface area contributed by atoms with Crippen LogP contribution < -0.4 is 0 Å². The van der Waals surface area contributed by atoms with E-state index in [0.29, 0.717) is 32.6 Å². The van der Waals surface area contributed by atoms with Crippen LogP contribution in [0.2, 0.25) is 0 Å². The molecule has 0 unspecified atom stereocenters. The molecule has 6 heteroatoms. The van der Waals surface area contributed by atoms with Gasteiger partial charge >= 0.3 is 0 Å². The SMILES string of the molecule is O=C(C1CCCC1)N1CCN(S(=O)(=O)CCc2ccccc2)CC1. The number of nitrogens with zero attached hydrogens (tertiary/aromatic N) is 2. The molecule has 2 aliphatic rings. The lowest BCUT2D eigenvalue weighted by Gasteiger charge is -2.35. The first-order chi connectivity index (χ1) is 11.6. The van der Waals surface area contributed by atoms with Crippen LogP contribution in [0.25, 0.3) is 0 Å². The summed E-state index contributed by atoms with van der Waals surface area (Å²) in [5.41, 5.74) is 1.04. The molecule has 24 heavy (non-hydrogen) atoms. The van der Waals surface area contributed by atoms with Crippen LogP contribution >= 0.6 is 0 Å². The maximum Gasteiger partial charge on any atom is 0.225 e. The highest BCUT2D eigenvalue weighted by molar-refractivity contribution is 7.89. The highest BCUT2D eigenvalue weighted by Crippen LogP contribution is 2.27. The Morgan fingerprint density at radius 1 is 1.00 bits per heavy atom. The molecule has 0 bridgehead atoms. The summed E-state index contributed by atoms with van der Waals surface area (Å²) in [6, 6.07) is 9.69. The van der Waals surface area contributed by atoms with E-state index in [4.69, 9.17) is 0 Å². The Hall–Kier alpha value is -1.40. The fraction of sp³-hybridized carbons (Fsp3) is 0.611. The summed E-state index contributed by atoms with van der Waals surface area (Å²) in [5, 5.41) is 0. The van der Waals surface area contributed by atoms with Crippen LogP contribution in [-0.2, 0) is 21.2 Å². The number of benzene rings is 1. The van der Waals surface area contributed by atoms with Crippen molar-refractivity contribution in [3.8, 4) is 0 Å². The van der Waals surface area contributed by atoms with Gasteiger partial charge in [0.05, 0.1) is 5.75 Å². The highest BCUT2D eigenvalue weighted by Gasteiger charge is 2.32.